The first-order chi connectivity index (χ1) is 13.0. The van der Waals surface area contributed by atoms with Crippen LogP contribution < -0.4 is 4.74 Å². The third-order valence-corrected chi connectivity index (χ3v) is 6.58. The number of aryl methyl sites for hydroxylation is 1. The number of hydrogen-bond donors (Lipinski definition) is 0. The van der Waals surface area contributed by atoms with Crippen molar-refractivity contribution in [3.05, 3.63) is 54.4 Å². The highest BCUT2D eigenvalue weighted by Gasteiger charge is 2.26. The SMILES string of the molecule is Cc1ccc2cccc(Oc3ccc(S(=O)(=O)N4CCCCC4)cn3)c2n1. The van der Waals surface area contributed by atoms with Crippen LogP contribution in [0, 0.1) is 6.92 Å². The summed E-state index contributed by atoms with van der Waals surface area (Å²) in [6.07, 6.45) is 4.25. The number of rotatable bonds is 4. The number of para-hydroxylation sites is 1. The highest BCUT2D eigenvalue weighted by atomic mass is 32.2. The summed E-state index contributed by atoms with van der Waals surface area (Å²) in [5, 5.41) is 0.974. The third kappa shape index (κ3) is 3.65. The predicted molar refractivity (Wildman–Crippen MR) is 103 cm³/mol. The molecule has 1 aromatic carbocycles. The molecule has 27 heavy (non-hydrogen) atoms. The molecule has 0 bridgehead atoms. The maximum Gasteiger partial charge on any atom is 0.244 e. The molecule has 1 aliphatic rings. The summed E-state index contributed by atoms with van der Waals surface area (Å²) in [4.78, 5) is 8.94. The lowest BCUT2D eigenvalue weighted by molar-refractivity contribution is 0.346. The van der Waals surface area contributed by atoms with Crippen LogP contribution >= 0.6 is 0 Å². The smallest absolute Gasteiger partial charge is 0.244 e. The van der Waals surface area contributed by atoms with E-state index in [9.17, 15) is 8.42 Å². The molecule has 3 heterocycles. The van der Waals surface area contributed by atoms with Gasteiger partial charge in [0.1, 0.15) is 10.4 Å². The number of ether oxygens (including phenoxy) is 1. The van der Waals surface area contributed by atoms with Crippen molar-refractivity contribution in [2.75, 3.05) is 13.1 Å². The van der Waals surface area contributed by atoms with Crippen molar-refractivity contribution < 1.29 is 13.2 Å². The van der Waals surface area contributed by atoms with Crippen LogP contribution in [0.2, 0.25) is 0 Å². The van der Waals surface area contributed by atoms with E-state index in [1.165, 1.54) is 10.5 Å². The van der Waals surface area contributed by atoms with Crippen LogP contribution in [0.1, 0.15) is 25.0 Å². The molecule has 0 unspecified atom stereocenters. The molecule has 6 nitrogen and oxygen atoms in total. The second-order valence-corrected chi connectivity index (χ2v) is 8.62. The van der Waals surface area contributed by atoms with Crippen LogP contribution in [0.15, 0.2) is 53.6 Å². The minimum Gasteiger partial charge on any atom is -0.437 e. The molecule has 1 fully saturated rings. The van der Waals surface area contributed by atoms with Crippen molar-refractivity contribution in [2.24, 2.45) is 0 Å². The van der Waals surface area contributed by atoms with Gasteiger partial charge in [-0.05, 0) is 38.0 Å². The van der Waals surface area contributed by atoms with Crippen molar-refractivity contribution >= 4 is 20.9 Å². The molecule has 1 saturated heterocycles. The maximum atomic E-state index is 12.7. The second kappa shape index (κ2) is 7.25. The number of aromatic nitrogens is 2. The Balaban J connectivity index is 1.59. The van der Waals surface area contributed by atoms with E-state index in [1.54, 1.807) is 12.1 Å². The quantitative estimate of drug-likeness (QED) is 0.683. The molecule has 0 radical (unpaired) electrons. The molecular formula is C20H21N3O3S. The lowest BCUT2D eigenvalue weighted by atomic mass is 10.2. The van der Waals surface area contributed by atoms with Gasteiger partial charge in [-0.3, -0.25) is 0 Å². The van der Waals surface area contributed by atoms with Crippen molar-refractivity contribution in [2.45, 2.75) is 31.1 Å². The van der Waals surface area contributed by atoms with Crippen LogP contribution in [-0.4, -0.2) is 35.8 Å². The zero-order valence-corrected chi connectivity index (χ0v) is 15.9. The molecule has 1 aliphatic heterocycles. The Bertz CT molecular complexity index is 1060. The number of fused-ring (bicyclic) bond motifs is 1. The first-order valence-corrected chi connectivity index (χ1v) is 10.5. The number of hydrogen-bond acceptors (Lipinski definition) is 5. The fourth-order valence-electron chi connectivity index (χ4n) is 3.25. The standard InChI is InChI=1S/C20H21N3O3S/c1-15-8-9-16-6-5-7-18(20(16)22-15)26-19-11-10-17(14-21-19)27(24,25)23-12-3-2-4-13-23/h5-11,14H,2-4,12-13H2,1H3. The molecule has 140 valence electrons. The van der Waals surface area contributed by atoms with Gasteiger partial charge in [-0.1, -0.05) is 24.6 Å². The zero-order chi connectivity index (χ0) is 18.9. The summed E-state index contributed by atoms with van der Waals surface area (Å²) in [6, 6.07) is 12.8. The minimum atomic E-state index is -3.49. The third-order valence-electron chi connectivity index (χ3n) is 4.70. The Morgan fingerprint density at radius 3 is 2.56 bits per heavy atom. The van der Waals surface area contributed by atoms with E-state index in [0.717, 1.165) is 35.9 Å². The summed E-state index contributed by atoms with van der Waals surface area (Å²) in [5.41, 5.74) is 1.65. The van der Waals surface area contributed by atoms with Gasteiger partial charge in [0.2, 0.25) is 15.9 Å². The Kier molecular flexibility index (Phi) is 4.80. The lowest BCUT2D eigenvalue weighted by Gasteiger charge is -2.25. The number of benzene rings is 1. The number of piperidine rings is 1. The first kappa shape index (κ1) is 17.9. The van der Waals surface area contributed by atoms with Gasteiger partial charge in [0, 0.05) is 30.2 Å². The molecule has 0 aliphatic carbocycles. The van der Waals surface area contributed by atoms with Crippen LogP contribution in [0.4, 0.5) is 0 Å². The van der Waals surface area contributed by atoms with E-state index in [0.29, 0.717) is 24.7 Å². The minimum absolute atomic E-state index is 0.198. The van der Waals surface area contributed by atoms with Crippen LogP contribution in [-0.2, 0) is 10.0 Å². The van der Waals surface area contributed by atoms with Gasteiger partial charge in [-0.2, -0.15) is 4.31 Å². The van der Waals surface area contributed by atoms with E-state index in [2.05, 4.69) is 9.97 Å². The molecule has 0 N–H and O–H groups in total. The Morgan fingerprint density at radius 2 is 1.81 bits per heavy atom. The van der Waals surface area contributed by atoms with Gasteiger partial charge in [-0.15, -0.1) is 0 Å². The molecule has 3 aromatic rings. The number of pyridine rings is 2. The van der Waals surface area contributed by atoms with Gasteiger partial charge >= 0.3 is 0 Å². The molecule has 0 amide bonds. The summed E-state index contributed by atoms with van der Waals surface area (Å²) >= 11 is 0. The van der Waals surface area contributed by atoms with Crippen molar-refractivity contribution in [3.8, 4) is 11.6 Å². The van der Waals surface area contributed by atoms with Crippen molar-refractivity contribution in [3.63, 3.8) is 0 Å². The lowest BCUT2D eigenvalue weighted by Crippen LogP contribution is -2.35. The summed E-state index contributed by atoms with van der Waals surface area (Å²) in [5.74, 6) is 0.929. The zero-order valence-electron chi connectivity index (χ0n) is 15.1. The van der Waals surface area contributed by atoms with Gasteiger partial charge in [0.05, 0.1) is 6.20 Å². The van der Waals surface area contributed by atoms with E-state index < -0.39 is 10.0 Å². The highest BCUT2D eigenvalue weighted by molar-refractivity contribution is 7.89. The van der Waals surface area contributed by atoms with E-state index in [1.807, 2.05) is 37.3 Å². The Morgan fingerprint density at radius 1 is 1.00 bits per heavy atom. The summed E-state index contributed by atoms with van der Waals surface area (Å²) < 4.78 is 32.8. The van der Waals surface area contributed by atoms with Gasteiger partial charge in [-0.25, -0.2) is 18.4 Å². The van der Waals surface area contributed by atoms with Crippen LogP contribution in [0.25, 0.3) is 10.9 Å². The van der Waals surface area contributed by atoms with Gasteiger partial charge in [0.15, 0.2) is 5.75 Å². The highest BCUT2D eigenvalue weighted by Crippen LogP contribution is 2.28. The molecule has 0 spiro atoms. The van der Waals surface area contributed by atoms with Crippen molar-refractivity contribution in [1.82, 2.24) is 14.3 Å². The van der Waals surface area contributed by atoms with Gasteiger partial charge < -0.3 is 4.74 Å². The monoisotopic (exact) mass is 383 g/mol. The predicted octanol–water partition coefficient (Wildman–Crippen LogP) is 3.91. The van der Waals surface area contributed by atoms with E-state index in [4.69, 9.17) is 4.74 Å². The van der Waals surface area contributed by atoms with Gasteiger partial charge in [0.25, 0.3) is 0 Å². The molecule has 0 atom stereocenters. The van der Waals surface area contributed by atoms with E-state index in [-0.39, 0.29) is 4.90 Å². The molecular weight excluding hydrogens is 362 g/mol. The molecule has 2 aromatic heterocycles. The largest absolute Gasteiger partial charge is 0.437 e. The average Bonchev–Trinajstić information content (AvgIpc) is 2.69. The topological polar surface area (TPSA) is 72.4 Å². The molecule has 0 saturated carbocycles. The Labute approximate surface area is 158 Å². The molecule has 4 rings (SSSR count). The fourth-order valence-corrected chi connectivity index (χ4v) is 4.71. The average molecular weight is 383 g/mol. The molecule has 7 heteroatoms. The fraction of sp³-hybridized carbons (Fsp3) is 0.300. The maximum absolute atomic E-state index is 12.7. The Hall–Kier alpha value is -2.51. The van der Waals surface area contributed by atoms with Crippen LogP contribution in [0.3, 0.4) is 0 Å². The summed E-state index contributed by atoms with van der Waals surface area (Å²) in [7, 11) is -3.49. The summed E-state index contributed by atoms with van der Waals surface area (Å²) in [6.45, 7) is 3.07. The van der Waals surface area contributed by atoms with Crippen LogP contribution in [0.5, 0.6) is 11.6 Å². The second-order valence-electron chi connectivity index (χ2n) is 6.68. The first-order valence-electron chi connectivity index (χ1n) is 9.04. The number of nitrogens with zero attached hydrogens (tertiary/aromatic N) is 3. The van der Waals surface area contributed by atoms with E-state index >= 15 is 0 Å². The van der Waals surface area contributed by atoms with Crippen molar-refractivity contribution in [1.29, 1.82) is 0 Å². The number of sulfonamides is 1. The normalized spacial score (nSPS) is 15.7.